The van der Waals surface area contributed by atoms with E-state index in [1.165, 1.54) is 6.07 Å². The third-order valence-corrected chi connectivity index (χ3v) is 3.37. The number of ether oxygens (including phenoxy) is 1. The van der Waals surface area contributed by atoms with Gasteiger partial charge < -0.3 is 9.72 Å². The number of halogens is 2. The van der Waals surface area contributed by atoms with Gasteiger partial charge in [-0.1, -0.05) is 0 Å². The molecule has 17 heavy (non-hydrogen) atoms. The molecule has 0 amide bonds. The maximum atomic E-state index is 13.3. The summed E-state index contributed by atoms with van der Waals surface area (Å²) in [5.74, 6) is 0.583. The lowest BCUT2D eigenvalue weighted by atomic mass is 10.2. The fourth-order valence-electron chi connectivity index (χ4n) is 1.63. The van der Waals surface area contributed by atoms with Gasteiger partial charge in [-0.15, -0.1) is 0 Å². The van der Waals surface area contributed by atoms with Crippen molar-refractivity contribution in [3.63, 3.8) is 0 Å². The molecule has 0 spiro atoms. The van der Waals surface area contributed by atoms with Gasteiger partial charge in [0, 0.05) is 19.6 Å². The van der Waals surface area contributed by atoms with Gasteiger partial charge in [0.2, 0.25) is 0 Å². The normalized spacial score (nSPS) is 13.2. The summed E-state index contributed by atoms with van der Waals surface area (Å²) in [4.78, 5) is 7.53. The molecule has 1 aromatic carbocycles. The van der Waals surface area contributed by atoms with Gasteiger partial charge in [0.1, 0.15) is 11.6 Å². The van der Waals surface area contributed by atoms with Crippen molar-refractivity contribution in [2.24, 2.45) is 0 Å². The number of aromatic amines is 1. The molecule has 1 heterocycles. The van der Waals surface area contributed by atoms with Crippen molar-refractivity contribution in [1.82, 2.24) is 9.97 Å². The predicted molar refractivity (Wildman–Crippen MR) is 68.5 cm³/mol. The van der Waals surface area contributed by atoms with Gasteiger partial charge in [-0.3, -0.25) is 0 Å². The first-order valence-electron chi connectivity index (χ1n) is 5.46. The summed E-state index contributed by atoms with van der Waals surface area (Å²) in [6.07, 6.45) is 1.88. The Hall–Kier alpha value is -0.940. The number of hydrogen-bond acceptors (Lipinski definition) is 2. The Bertz CT molecular complexity index is 487. The van der Waals surface area contributed by atoms with Crippen LogP contribution in [0.3, 0.4) is 0 Å². The Morgan fingerprint density at radius 1 is 1.53 bits per heavy atom. The molecule has 0 saturated heterocycles. The summed E-state index contributed by atoms with van der Waals surface area (Å²) >= 11 is 3.15. The number of imidazole rings is 1. The van der Waals surface area contributed by atoms with Crippen LogP contribution < -0.4 is 0 Å². The van der Waals surface area contributed by atoms with Crippen LogP contribution in [0.4, 0.5) is 4.39 Å². The highest BCUT2D eigenvalue weighted by atomic mass is 79.9. The fraction of sp³-hybridized carbons (Fsp3) is 0.417. The van der Waals surface area contributed by atoms with Crippen molar-refractivity contribution in [3.8, 4) is 0 Å². The van der Waals surface area contributed by atoms with Crippen LogP contribution in [-0.2, 0) is 11.2 Å². The van der Waals surface area contributed by atoms with Gasteiger partial charge in [-0.25, -0.2) is 9.37 Å². The fourth-order valence-corrected chi connectivity index (χ4v) is 1.97. The first-order valence-corrected chi connectivity index (χ1v) is 6.26. The standard InChI is InChI=1S/C12H14BrFN2O/c1-7(17-2)3-4-12-15-10-5-8(13)9(14)6-11(10)16-12/h5-7H,3-4H2,1-2H3,(H,15,16). The van der Waals surface area contributed by atoms with Gasteiger partial charge in [0.15, 0.2) is 0 Å². The number of hydrogen-bond donors (Lipinski definition) is 1. The van der Waals surface area contributed by atoms with Crippen LogP contribution >= 0.6 is 15.9 Å². The smallest absolute Gasteiger partial charge is 0.139 e. The van der Waals surface area contributed by atoms with Crippen LogP contribution in [0.25, 0.3) is 11.0 Å². The Labute approximate surface area is 108 Å². The number of aryl methyl sites for hydroxylation is 1. The first kappa shape index (κ1) is 12.5. The van der Waals surface area contributed by atoms with Crippen LogP contribution in [0.2, 0.25) is 0 Å². The van der Waals surface area contributed by atoms with E-state index in [2.05, 4.69) is 25.9 Å². The van der Waals surface area contributed by atoms with E-state index in [4.69, 9.17) is 4.74 Å². The van der Waals surface area contributed by atoms with Gasteiger partial charge in [0.05, 0.1) is 21.6 Å². The molecule has 1 N–H and O–H groups in total. The molecular weight excluding hydrogens is 287 g/mol. The maximum absolute atomic E-state index is 13.3. The zero-order valence-corrected chi connectivity index (χ0v) is 11.3. The van der Waals surface area contributed by atoms with E-state index < -0.39 is 0 Å². The average Bonchev–Trinajstić information content (AvgIpc) is 2.68. The van der Waals surface area contributed by atoms with Crippen LogP contribution in [-0.4, -0.2) is 23.2 Å². The number of H-pyrrole nitrogens is 1. The second-order valence-corrected chi connectivity index (χ2v) is 4.91. The van der Waals surface area contributed by atoms with E-state index in [9.17, 15) is 4.39 Å². The van der Waals surface area contributed by atoms with Crippen molar-refractivity contribution in [2.75, 3.05) is 7.11 Å². The lowest BCUT2D eigenvalue weighted by molar-refractivity contribution is 0.111. The predicted octanol–water partition coefficient (Wildman–Crippen LogP) is 3.43. The number of nitrogens with zero attached hydrogens (tertiary/aromatic N) is 1. The molecule has 2 aromatic rings. The molecule has 0 saturated carbocycles. The molecule has 0 aliphatic carbocycles. The number of nitrogens with one attached hydrogen (secondary N) is 1. The maximum Gasteiger partial charge on any atom is 0.139 e. The van der Waals surface area contributed by atoms with Gasteiger partial charge >= 0.3 is 0 Å². The minimum absolute atomic E-state index is 0.201. The molecule has 1 atom stereocenters. The highest BCUT2D eigenvalue weighted by Crippen LogP contribution is 2.22. The van der Waals surface area contributed by atoms with E-state index in [1.54, 1.807) is 13.2 Å². The second-order valence-electron chi connectivity index (χ2n) is 4.05. The molecule has 0 fully saturated rings. The summed E-state index contributed by atoms with van der Waals surface area (Å²) in [5, 5.41) is 0. The largest absolute Gasteiger partial charge is 0.382 e. The minimum Gasteiger partial charge on any atom is -0.382 e. The molecular formula is C12H14BrFN2O. The Morgan fingerprint density at radius 3 is 3.00 bits per heavy atom. The minimum atomic E-state index is -0.280. The molecule has 0 aliphatic heterocycles. The van der Waals surface area contributed by atoms with Crippen molar-refractivity contribution >= 4 is 27.0 Å². The topological polar surface area (TPSA) is 37.9 Å². The Morgan fingerprint density at radius 2 is 2.29 bits per heavy atom. The molecule has 0 bridgehead atoms. The third kappa shape index (κ3) is 2.84. The molecule has 1 unspecified atom stereocenters. The third-order valence-electron chi connectivity index (χ3n) is 2.76. The van der Waals surface area contributed by atoms with Gasteiger partial charge in [0.25, 0.3) is 0 Å². The number of aromatic nitrogens is 2. The summed E-state index contributed by atoms with van der Waals surface area (Å²) in [5.41, 5.74) is 1.50. The molecule has 92 valence electrons. The number of methoxy groups -OCH3 is 1. The Kier molecular flexibility index (Phi) is 3.79. The summed E-state index contributed by atoms with van der Waals surface area (Å²) in [7, 11) is 1.69. The highest BCUT2D eigenvalue weighted by Gasteiger charge is 2.08. The molecule has 0 aliphatic rings. The number of fused-ring (bicyclic) bond motifs is 1. The second kappa shape index (κ2) is 5.14. The van der Waals surface area contributed by atoms with Crippen LogP contribution in [0.1, 0.15) is 19.2 Å². The van der Waals surface area contributed by atoms with E-state index in [1.807, 2.05) is 6.92 Å². The van der Waals surface area contributed by atoms with E-state index in [0.717, 1.165) is 29.7 Å². The summed E-state index contributed by atoms with van der Waals surface area (Å²) in [6.45, 7) is 2.01. The highest BCUT2D eigenvalue weighted by molar-refractivity contribution is 9.10. The van der Waals surface area contributed by atoms with Gasteiger partial charge in [-0.05, 0) is 35.3 Å². The van der Waals surface area contributed by atoms with Crippen molar-refractivity contribution < 1.29 is 9.13 Å². The lowest BCUT2D eigenvalue weighted by Crippen LogP contribution is -2.06. The number of rotatable bonds is 4. The SMILES string of the molecule is COC(C)CCc1nc2cc(Br)c(F)cc2[nH]1. The van der Waals surface area contributed by atoms with Gasteiger partial charge in [-0.2, -0.15) is 0 Å². The van der Waals surface area contributed by atoms with Crippen LogP contribution in [0.5, 0.6) is 0 Å². The summed E-state index contributed by atoms with van der Waals surface area (Å²) < 4.78 is 18.9. The average molecular weight is 301 g/mol. The van der Waals surface area contributed by atoms with Crippen molar-refractivity contribution in [3.05, 3.63) is 28.2 Å². The first-order chi connectivity index (χ1) is 8.10. The van der Waals surface area contributed by atoms with Crippen LogP contribution in [0.15, 0.2) is 16.6 Å². The zero-order valence-electron chi connectivity index (χ0n) is 9.76. The quantitative estimate of drug-likeness (QED) is 0.939. The zero-order chi connectivity index (χ0) is 12.4. The lowest BCUT2D eigenvalue weighted by Gasteiger charge is -2.06. The van der Waals surface area contributed by atoms with E-state index in [-0.39, 0.29) is 11.9 Å². The van der Waals surface area contributed by atoms with Crippen LogP contribution in [0, 0.1) is 5.82 Å². The molecule has 1 aromatic heterocycles. The van der Waals surface area contributed by atoms with E-state index >= 15 is 0 Å². The molecule has 2 rings (SSSR count). The molecule has 3 nitrogen and oxygen atoms in total. The Balaban J connectivity index is 2.20. The molecule has 0 radical (unpaired) electrons. The monoisotopic (exact) mass is 300 g/mol. The van der Waals surface area contributed by atoms with Crippen molar-refractivity contribution in [1.29, 1.82) is 0 Å². The molecule has 5 heteroatoms. The summed E-state index contributed by atoms with van der Waals surface area (Å²) in [6, 6.07) is 3.14. The van der Waals surface area contributed by atoms with Crippen molar-refractivity contribution in [2.45, 2.75) is 25.9 Å². The van der Waals surface area contributed by atoms with E-state index in [0.29, 0.717) is 4.47 Å². The number of benzene rings is 1.